The highest BCUT2D eigenvalue weighted by Crippen LogP contribution is 2.29. The third-order valence-corrected chi connectivity index (χ3v) is 4.00. The largest absolute Gasteiger partial charge is 0.349 e. The lowest BCUT2D eigenvalue weighted by Crippen LogP contribution is -2.33. The van der Waals surface area contributed by atoms with E-state index in [9.17, 15) is 9.18 Å². The van der Waals surface area contributed by atoms with E-state index in [-0.39, 0.29) is 30.7 Å². The monoisotopic (exact) mass is 353 g/mol. The van der Waals surface area contributed by atoms with E-state index < -0.39 is 0 Å². The first-order chi connectivity index (χ1) is 12.6. The number of nitrogens with one attached hydrogen (secondary N) is 2. The van der Waals surface area contributed by atoms with Crippen molar-refractivity contribution in [2.45, 2.75) is 13.5 Å². The van der Waals surface area contributed by atoms with E-state index in [0.29, 0.717) is 28.5 Å². The summed E-state index contributed by atoms with van der Waals surface area (Å²) < 4.78 is 13.7. The Bertz CT molecular complexity index is 894. The average Bonchev–Trinajstić information content (AvgIpc) is 3.10. The number of benzene rings is 1. The van der Waals surface area contributed by atoms with E-state index in [1.165, 1.54) is 12.1 Å². The lowest BCUT2D eigenvalue weighted by molar-refractivity contribution is -0.124. The van der Waals surface area contributed by atoms with E-state index in [1.54, 1.807) is 25.3 Å². The summed E-state index contributed by atoms with van der Waals surface area (Å²) in [6.45, 7) is 2.25. The molecule has 1 aromatic carbocycles. The van der Waals surface area contributed by atoms with Crippen molar-refractivity contribution in [3.63, 3.8) is 0 Å². The number of pyridine rings is 1. The molecule has 0 spiro atoms. The van der Waals surface area contributed by atoms with Gasteiger partial charge in [0.1, 0.15) is 11.6 Å². The second kappa shape index (κ2) is 7.88. The molecule has 7 heteroatoms. The number of imidazole rings is 1. The maximum Gasteiger partial charge on any atom is 0.224 e. The Hall–Kier alpha value is -3.06. The number of amides is 1. The zero-order valence-electron chi connectivity index (χ0n) is 14.4. The maximum absolute atomic E-state index is 13.7. The highest BCUT2D eigenvalue weighted by Gasteiger charge is 2.17. The minimum Gasteiger partial charge on any atom is -0.349 e. The molecule has 134 valence electrons. The summed E-state index contributed by atoms with van der Waals surface area (Å²) >= 11 is 0. The van der Waals surface area contributed by atoms with Gasteiger partial charge >= 0.3 is 0 Å². The average molecular weight is 353 g/mol. The third-order valence-electron chi connectivity index (χ3n) is 4.00. The Labute approximate surface area is 150 Å². The van der Waals surface area contributed by atoms with Gasteiger partial charge in [-0.05, 0) is 24.3 Å². The Morgan fingerprint density at radius 2 is 2.15 bits per heavy atom. The normalized spacial score (nSPS) is 12.0. The van der Waals surface area contributed by atoms with E-state index in [4.69, 9.17) is 5.73 Å². The number of carbonyl (C=O) groups is 1. The van der Waals surface area contributed by atoms with Crippen LogP contribution < -0.4 is 11.1 Å². The fourth-order valence-electron chi connectivity index (χ4n) is 2.50. The van der Waals surface area contributed by atoms with Crippen LogP contribution in [0.2, 0.25) is 0 Å². The van der Waals surface area contributed by atoms with Gasteiger partial charge in [0.15, 0.2) is 0 Å². The summed E-state index contributed by atoms with van der Waals surface area (Å²) in [6.07, 6.45) is 1.68. The molecule has 1 amide bonds. The summed E-state index contributed by atoms with van der Waals surface area (Å²) in [5, 5.41) is 2.80. The standard InChI is InChI=1S/C19H20FN5O/c1-12(10-21)19(26)23-11-16-24-17(13-5-4-6-14(20)9-13)18(25-16)15-7-2-3-8-22-15/h2-9,12H,10-11,21H2,1H3,(H,23,26)(H,24,25)/t12-/m1/s1. The molecule has 2 heterocycles. The molecule has 26 heavy (non-hydrogen) atoms. The van der Waals surface area contributed by atoms with Crippen LogP contribution in [-0.2, 0) is 11.3 Å². The third kappa shape index (κ3) is 3.94. The lowest BCUT2D eigenvalue weighted by atomic mass is 10.1. The van der Waals surface area contributed by atoms with Crippen molar-refractivity contribution in [2.75, 3.05) is 6.54 Å². The molecule has 3 aromatic rings. The molecule has 0 saturated heterocycles. The molecule has 3 rings (SSSR count). The van der Waals surface area contributed by atoms with Crippen molar-refractivity contribution < 1.29 is 9.18 Å². The van der Waals surface area contributed by atoms with E-state index in [0.717, 1.165) is 0 Å². The van der Waals surface area contributed by atoms with E-state index in [2.05, 4.69) is 20.3 Å². The molecule has 0 radical (unpaired) electrons. The number of H-pyrrole nitrogens is 1. The van der Waals surface area contributed by atoms with Gasteiger partial charge < -0.3 is 16.0 Å². The molecular weight excluding hydrogens is 333 g/mol. The van der Waals surface area contributed by atoms with Crippen molar-refractivity contribution in [2.24, 2.45) is 11.7 Å². The Morgan fingerprint density at radius 1 is 1.31 bits per heavy atom. The van der Waals surface area contributed by atoms with Crippen LogP contribution in [0.15, 0.2) is 48.7 Å². The van der Waals surface area contributed by atoms with Gasteiger partial charge in [0.25, 0.3) is 0 Å². The molecule has 0 saturated carbocycles. The van der Waals surface area contributed by atoms with Crippen molar-refractivity contribution >= 4 is 5.91 Å². The number of halogens is 1. The van der Waals surface area contributed by atoms with E-state index >= 15 is 0 Å². The highest BCUT2D eigenvalue weighted by molar-refractivity contribution is 5.79. The summed E-state index contributed by atoms with van der Waals surface area (Å²) in [7, 11) is 0. The number of aromatic amines is 1. The van der Waals surface area contributed by atoms with Crippen molar-refractivity contribution in [1.82, 2.24) is 20.3 Å². The molecule has 0 fully saturated rings. The van der Waals surface area contributed by atoms with E-state index in [1.807, 2.05) is 18.2 Å². The van der Waals surface area contributed by atoms with Crippen LogP contribution in [0.25, 0.3) is 22.6 Å². The highest BCUT2D eigenvalue weighted by atomic mass is 19.1. The van der Waals surface area contributed by atoms with Gasteiger partial charge in [-0.3, -0.25) is 9.78 Å². The topological polar surface area (TPSA) is 96.7 Å². The van der Waals surface area contributed by atoms with Gasteiger partial charge in [-0.25, -0.2) is 9.37 Å². The van der Waals surface area contributed by atoms with Crippen LogP contribution in [0.5, 0.6) is 0 Å². The molecule has 2 aromatic heterocycles. The minimum atomic E-state index is -0.343. The van der Waals surface area contributed by atoms with Gasteiger partial charge in [-0.15, -0.1) is 0 Å². The van der Waals surface area contributed by atoms with Crippen LogP contribution in [0.3, 0.4) is 0 Å². The zero-order chi connectivity index (χ0) is 18.5. The maximum atomic E-state index is 13.7. The molecule has 4 N–H and O–H groups in total. The Morgan fingerprint density at radius 3 is 2.85 bits per heavy atom. The number of rotatable bonds is 6. The fraction of sp³-hybridized carbons (Fsp3) is 0.211. The molecular formula is C19H20FN5O. The van der Waals surface area contributed by atoms with Gasteiger partial charge in [0.05, 0.1) is 23.6 Å². The number of nitrogens with zero attached hydrogens (tertiary/aromatic N) is 2. The van der Waals surface area contributed by atoms with Crippen LogP contribution in [0.4, 0.5) is 4.39 Å². The number of hydrogen-bond donors (Lipinski definition) is 3. The molecule has 1 atom stereocenters. The molecule has 0 aliphatic heterocycles. The summed E-state index contributed by atoms with van der Waals surface area (Å²) in [6, 6.07) is 11.7. The van der Waals surface area contributed by atoms with Gasteiger partial charge in [-0.1, -0.05) is 25.1 Å². The van der Waals surface area contributed by atoms with Crippen LogP contribution >= 0.6 is 0 Å². The number of nitrogens with two attached hydrogens (primary N) is 1. The lowest BCUT2D eigenvalue weighted by Gasteiger charge is -2.08. The second-order valence-electron chi connectivity index (χ2n) is 5.99. The molecule has 0 aliphatic carbocycles. The molecule has 6 nitrogen and oxygen atoms in total. The molecule has 0 aliphatic rings. The minimum absolute atomic E-state index is 0.143. The molecule has 0 unspecified atom stereocenters. The Balaban J connectivity index is 1.94. The number of hydrogen-bond acceptors (Lipinski definition) is 4. The predicted molar refractivity (Wildman–Crippen MR) is 97.3 cm³/mol. The second-order valence-corrected chi connectivity index (χ2v) is 5.99. The van der Waals surface area contributed by atoms with Crippen LogP contribution in [0, 0.1) is 11.7 Å². The number of carbonyl (C=O) groups excluding carboxylic acids is 1. The van der Waals surface area contributed by atoms with Crippen molar-refractivity contribution in [3.05, 3.63) is 60.3 Å². The van der Waals surface area contributed by atoms with Gasteiger partial charge in [0.2, 0.25) is 5.91 Å². The van der Waals surface area contributed by atoms with Crippen molar-refractivity contribution in [3.8, 4) is 22.6 Å². The van der Waals surface area contributed by atoms with Gasteiger partial charge in [0, 0.05) is 24.2 Å². The van der Waals surface area contributed by atoms with Crippen LogP contribution in [0.1, 0.15) is 12.7 Å². The zero-order valence-corrected chi connectivity index (χ0v) is 14.4. The SMILES string of the molecule is C[C@H](CN)C(=O)NCc1nc(-c2cccc(F)c2)c(-c2ccccn2)[nH]1. The first-order valence-electron chi connectivity index (χ1n) is 8.32. The fourth-order valence-corrected chi connectivity index (χ4v) is 2.50. The summed E-state index contributed by atoms with van der Waals surface area (Å²) in [5.74, 6) is -0.204. The smallest absolute Gasteiger partial charge is 0.224 e. The first kappa shape index (κ1) is 17.8. The number of aromatic nitrogens is 3. The molecule has 0 bridgehead atoms. The first-order valence-corrected chi connectivity index (χ1v) is 8.32. The summed E-state index contributed by atoms with van der Waals surface area (Å²) in [5.41, 5.74) is 8.09. The van der Waals surface area contributed by atoms with Crippen LogP contribution in [-0.4, -0.2) is 27.4 Å². The predicted octanol–water partition coefficient (Wildman–Crippen LogP) is 2.49. The summed E-state index contributed by atoms with van der Waals surface area (Å²) in [4.78, 5) is 24.0. The van der Waals surface area contributed by atoms with Crippen molar-refractivity contribution in [1.29, 1.82) is 0 Å². The Kier molecular flexibility index (Phi) is 5.38. The quantitative estimate of drug-likeness (QED) is 0.634. The van der Waals surface area contributed by atoms with Gasteiger partial charge in [-0.2, -0.15) is 0 Å².